The van der Waals surface area contributed by atoms with Gasteiger partial charge in [-0.2, -0.15) is 5.10 Å². The van der Waals surface area contributed by atoms with E-state index >= 15 is 0 Å². The van der Waals surface area contributed by atoms with Crippen molar-refractivity contribution >= 4 is 30.7 Å². The molecule has 3 atom stereocenters. The zero-order valence-corrected chi connectivity index (χ0v) is 23.0. The first-order valence-electron chi connectivity index (χ1n) is 13.1. The first kappa shape index (κ1) is 27.4. The van der Waals surface area contributed by atoms with Crippen molar-refractivity contribution in [1.82, 2.24) is 20.4 Å². The molecule has 1 aromatic carbocycles. The van der Waals surface area contributed by atoms with Crippen LogP contribution in [0.25, 0.3) is 0 Å². The standard InChI is InChI=1S/C28H37FN4O.2ClH/c1-27(2,3)33-8-7-23(32-33)22-13-24(30-25(22)20-5-4-6-21(29)12-20)26(34)31-28-14-17-9-18(15-28)11-19(10-17)16-28;;/h4-8,12,17-19,22,24-25,30H,9-11,13-16H2,1-3H3,(H,31,34);2*1H/t17?,18?,19?,22-,24+,25+,28?;;/m1../s1. The highest BCUT2D eigenvalue weighted by molar-refractivity contribution is 5.85. The zero-order chi connectivity index (χ0) is 23.7. The molecule has 4 aliphatic carbocycles. The van der Waals surface area contributed by atoms with Crippen molar-refractivity contribution in [2.45, 2.75) is 94.8 Å². The molecule has 2 aromatic rings. The molecule has 1 saturated heterocycles. The molecule has 5 nitrogen and oxygen atoms in total. The molecule has 8 heteroatoms. The predicted octanol–water partition coefficient (Wildman–Crippen LogP) is 5.89. The van der Waals surface area contributed by atoms with Crippen molar-refractivity contribution in [2.24, 2.45) is 17.8 Å². The van der Waals surface area contributed by atoms with Crippen LogP contribution in [-0.4, -0.2) is 27.3 Å². The Bertz CT molecular complexity index is 1060. The highest BCUT2D eigenvalue weighted by atomic mass is 35.5. The molecule has 5 aliphatic rings. The van der Waals surface area contributed by atoms with E-state index in [-0.39, 0.29) is 65.6 Å². The number of carbonyl (C=O) groups is 1. The van der Waals surface area contributed by atoms with Crippen LogP contribution in [0.1, 0.15) is 88.9 Å². The number of nitrogens with one attached hydrogen (secondary N) is 2. The Morgan fingerprint density at radius 3 is 2.25 bits per heavy atom. The molecule has 4 saturated carbocycles. The van der Waals surface area contributed by atoms with Crippen molar-refractivity contribution in [3.63, 3.8) is 0 Å². The lowest BCUT2D eigenvalue weighted by molar-refractivity contribution is -0.128. The molecule has 36 heavy (non-hydrogen) atoms. The minimum Gasteiger partial charge on any atom is -0.349 e. The molecular formula is C28H39Cl2FN4O. The lowest BCUT2D eigenvalue weighted by atomic mass is 9.53. The largest absolute Gasteiger partial charge is 0.349 e. The SMILES string of the molecule is CC(C)(C)n1ccc([C@H]2C[C@@H](C(=O)NC34CC5CC(CC(C5)C3)C4)N[C@H]2c2cccc(F)c2)n1.Cl.Cl. The predicted molar refractivity (Wildman–Crippen MR) is 144 cm³/mol. The third-order valence-electron chi connectivity index (χ3n) is 8.90. The van der Waals surface area contributed by atoms with Gasteiger partial charge in [0.25, 0.3) is 0 Å². The normalized spacial score (nSPS) is 34.7. The number of amides is 1. The van der Waals surface area contributed by atoms with Crippen molar-refractivity contribution in [3.8, 4) is 0 Å². The Hall–Kier alpha value is -1.63. The van der Waals surface area contributed by atoms with Gasteiger partial charge in [0.15, 0.2) is 0 Å². The number of rotatable bonds is 4. The smallest absolute Gasteiger partial charge is 0.237 e. The molecule has 1 aliphatic heterocycles. The average molecular weight is 538 g/mol. The van der Waals surface area contributed by atoms with Gasteiger partial charge in [-0.05, 0) is 107 Å². The third-order valence-corrected chi connectivity index (χ3v) is 8.90. The summed E-state index contributed by atoms with van der Waals surface area (Å²) in [6.45, 7) is 6.38. The van der Waals surface area contributed by atoms with Crippen molar-refractivity contribution in [1.29, 1.82) is 0 Å². The number of halogens is 3. The van der Waals surface area contributed by atoms with Gasteiger partial charge in [-0.1, -0.05) is 12.1 Å². The Labute approximate surface area is 226 Å². The summed E-state index contributed by atoms with van der Waals surface area (Å²) in [6, 6.07) is 8.37. The minimum atomic E-state index is -0.300. The van der Waals surface area contributed by atoms with Crippen molar-refractivity contribution < 1.29 is 9.18 Å². The Kier molecular flexibility index (Phi) is 7.55. The van der Waals surface area contributed by atoms with Crippen LogP contribution in [-0.2, 0) is 10.3 Å². The Balaban J connectivity index is 0.00000152. The van der Waals surface area contributed by atoms with Crippen LogP contribution >= 0.6 is 24.8 Å². The van der Waals surface area contributed by atoms with E-state index in [2.05, 4.69) is 37.5 Å². The van der Waals surface area contributed by atoms with Gasteiger partial charge in [-0.15, -0.1) is 24.8 Å². The minimum absolute atomic E-state index is 0. The molecule has 1 aromatic heterocycles. The van der Waals surface area contributed by atoms with E-state index in [0.717, 1.165) is 48.3 Å². The Morgan fingerprint density at radius 2 is 1.69 bits per heavy atom. The van der Waals surface area contributed by atoms with Gasteiger partial charge in [0, 0.05) is 23.7 Å². The molecule has 198 valence electrons. The van der Waals surface area contributed by atoms with Crippen LogP contribution in [0.2, 0.25) is 0 Å². The van der Waals surface area contributed by atoms with Crippen LogP contribution in [0.5, 0.6) is 0 Å². The lowest BCUT2D eigenvalue weighted by Gasteiger charge is -2.57. The number of benzene rings is 1. The molecule has 1 amide bonds. The highest BCUT2D eigenvalue weighted by Gasteiger charge is 2.52. The van der Waals surface area contributed by atoms with Gasteiger partial charge in [-0.25, -0.2) is 4.39 Å². The molecule has 0 unspecified atom stereocenters. The van der Waals surface area contributed by atoms with Crippen LogP contribution in [0.3, 0.4) is 0 Å². The number of hydrogen-bond acceptors (Lipinski definition) is 3. The summed E-state index contributed by atoms with van der Waals surface area (Å²) >= 11 is 0. The lowest BCUT2D eigenvalue weighted by Crippen LogP contribution is -2.62. The van der Waals surface area contributed by atoms with Crippen LogP contribution < -0.4 is 10.6 Å². The van der Waals surface area contributed by atoms with Crippen LogP contribution in [0.4, 0.5) is 4.39 Å². The summed E-state index contributed by atoms with van der Waals surface area (Å²) in [5, 5.41) is 12.0. The zero-order valence-electron chi connectivity index (χ0n) is 21.4. The maximum atomic E-state index is 14.1. The topological polar surface area (TPSA) is 59.0 Å². The summed E-state index contributed by atoms with van der Waals surface area (Å²) in [4.78, 5) is 13.6. The first-order chi connectivity index (χ1) is 16.2. The van der Waals surface area contributed by atoms with Gasteiger partial charge in [0.05, 0.1) is 17.3 Å². The molecular weight excluding hydrogens is 498 g/mol. The molecule has 0 spiro atoms. The van der Waals surface area contributed by atoms with E-state index < -0.39 is 0 Å². The number of aromatic nitrogens is 2. The fraction of sp³-hybridized carbons (Fsp3) is 0.643. The van der Waals surface area contributed by atoms with Crippen LogP contribution in [0.15, 0.2) is 36.5 Å². The molecule has 0 radical (unpaired) electrons. The Morgan fingerprint density at radius 1 is 1.06 bits per heavy atom. The maximum Gasteiger partial charge on any atom is 0.237 e. The summed E-state index contributed by atoms with van der Waals surface area (Å²) in [7, 11) is 0. The summed E-state index contributed by atoms with van der Waals surface area (Å²) in [5.74, 6) is 2.24. The molecule has 7 rings (SSSR count). The second-order valence-corrected chi connectivity index (χ2v) is 12.6. The van der Waals surface area contributed by atoms with E-state index in [9.17, 15) is 9.18 Å². The number of nitrogens with zero attached hydrogens (tertiary/aromatic N) is 2. The summed E-state index contributed by atoms with van der Waals surface area (Å²) in [6.07, 6.45) is 10.2. The van der Waals surface area contributed by atoms with Gasteiger partial charge >= 0.3 is 0 Å². The quantitative estimate of drug-likeness (QED) is 0.511. The fourth-order valence-corrected chi connectivity index (χ4v) is 7.82. The maximum absolute atomic E-state index is 14.1. The molecule has 4 bridgehead atoms. The van der Waals surface area contributed by atoms with Crippen molar-refractivity contribution in [2.75, 3.05) is 0 Å². The van der Waals surface area contributed by atoms with Crippen LogP contribution in [0, 0.1) is 23.6 Å². The molecule has 2 heterocycles. The summed E-state index contributed by atoms with van der Waals surface area (Å²) < 4.78 is 16.1. The molecule has 2 N–H and O–H groups in total. The van der Waals surface area contributed by atoms with Gasteiger partial charge in [0.1, 0.15) is 5.82 Å². The second-order valence-electron chi connectivity index (χ2n) is 12.6. The third kappa shape index (κ3) is 5.06. The van der Waals surface area contributed by atoms with E-state index in [1.165, 1.54) is 25.3 Å². The monoisotopic (exact) mass is 536 g/mol. The van der Waals surface area contributed by atoms with E-state index in [1.807, 2.05) is 16.9 Å². The molecule has 5 fully saturated rings. The highest BCUT2D eigenvalue weighted by Crippen LogP contribution is 2.55. The van der Waals surface area contributed by atoms with Gasteiger partial charge in [0.2, 0.25) is 5.91 Å². The average Bonchev–Trinajstić information content (AvgIpc) is 3.40. The first-order valence-corrected chi connectivity index (χ1v) is 13.1. The number of hydrogen-bond donors (Lipinski definition) is 2. The number of carbonyl (C=O) groups excluding carboxylic acids is 1. The van der Waals surface area contributed by atoms with E-state index in [0.29, 0.717) is 6.42 Å². The van der Waals surface area contributed by atoms with E-state index in [1.54, 1.807) is 12.1 Å². The van der Waals surface area contributed by atoms with E-state index in [4.69, 9.17) is 5.10 Å². The second kappa shape index (κ2) is 9.92. The van der Waals surface area contributed by atoms with Gasteiger partial charge in [-0.3, -0.25) is 14.8 Å². The summed E-state index contributed by atoms with van der Waals surface area (Å²) in [5.41, 5.74) is 1.71. The van der Waals surface area contributed by atoms with Crippen molar-refractivity contribution in [3.05, 3.63) is 53.6 Å². The fourth-order valence-electron chi connectivity index (χ4n) is 7.82. The van der Waals surface area contributed by atoms with Gasteiger partial charge < -0.3 is 5.32 Å².